The summed E-state index contributed by atoms with van der Waals surface area (Å²) in [5, 5.41) is 0. The molecule has 0 amide bonds. The van der Waals surface area contributed by atoms with E-state index in [4.69, 9.17) is 10.6 Å². The largest absolute Gasteiger partial charge is 0.381 e. The predicted octanol–water partition coefficient (Wildman–Crippen LogP) is 2.29. The molecule has 1 unspecified atom stereocenters. The van der Waals surface area contributed by atoms with Gasteiger partial charge in [0.25, 0.3) is 0 Å². The molecule has 1 fully saturated rings. The average Bonchev–Trinajstić information content (AvgIpc) is 2.40. The first kappa shape index (κ1) is 13.4. The summed E-state index contributed by atoms with van der Waals surface area (Å²) in [6.45, 7) is 1.53. The third-order valence-corrected chi connectivity index (χ3v) is 3.46. The van der Waals surface area contributed by atoms with Crippen LogP contribution in [0.1, 0.15) is 30.9 Å². The summed E-state index contributed by atoms with van der Waals surface area (Å²) >= 11 is 0. The maximum Gasteiger partial charge on any atom is 0.159 e. The molecule has 1 aromatic carbocycles. The van der Waals surface area contributed by atoms with Crippen LogP contribution >= 0.6 is 0 Å². The fourth-order valence-electron chi connectivity index (χ4n) is 2.34. The molecule has 0 spiro atoms. The van der Waals surface area contributed by atoms with Gasteiger partial charge in [-0.1, -0.05) is 6.07 Å². The van der Waals surface area contributed by atoms with E-state index in [-0.39, 0.29) is 6.04 Å². The zero-order valence-corrected chi connectivity index (χ0v) is 10.2. The first-order valence-corrected chi connectivity index (χ1v) is 6.19. The van der Waals surface area contributed by atoms with E-state index in [2.05, 4.69) is 5.43 Å². The van der Waals surface area contributed by atoms with Crippen LogP contribution in [0.5, 0.6) is 0 Å². The van der Waals surface area contributed by atoms with Gasteiger partial charge in [-0.05, 0) is 42.9 Å². The monoisotopic (exact) mass is 256 g/mol. The molecule has 0 aromatic heterocycles. The molecular weight excluding hydrogens is 238 g/mol. The first-order chi connectivity index (χ1) is 8.70. The second-order valence-corrected chi connectivity index (χ2v) is 4.68. The minimum Gasteiger partial charge on any atom is -0.381 e. The van der Waals surface area contributed by atoms with Crippen LogP contribution < -0.4 is 11.3 Å². The van der Waals surface area contributed by atoms with Crippen LogP contribution in [0, 0.1) is 17.6 Å². The summed E-state index contributed by atoms with van der Waals surface area (Å²) in [5.41, 5.74) is 3.37. The summed E-state index contributed by atoms with van der Waals surface area (Å²) in [6, 6.07) is 3.77. The van der Waals surface area contributed by atoms with Gasteiger partial charge in [0, 0.05) is 19.3 Å². The van der Waals surface area contributed by atoms with E-state index in [9.17, 15) is 8.78 Å². The molecule has 2 rings (SSSR count). The first-order valence-electron chi connectivity index (χ1n) is 6.19. The lowest BCUT2D eigenvalue weighted by Crippen LogP contribution is -2.31. The van der Waals surface area contributed by atoms with Gasteiger partial charge in [-0.25, -0.2) is 8.78 Å². The molecule has 0 bridgehead atoms. The van der Waals surface area contributed by atoms with Crippen molar-refractivity contribution in [3.63, 3.8) is 0 Å². The number of nitrogens with two attached hydrogens (primary N) is 1. The van der Waals surface area contributed by atoms with Crippen molar-refractivity contribution in [2.24, 2.45) is 11.8 Å². The van der Waals surface area contributed by atoms with E-state index in [1.165, 1.54) is 6.07 Å². The Morgan fingerprint density at radius 2 is 2.00 bits per heavy atom. The number of halogens is 2. The van der Waals surface area contributed by atoms with Crippen LogP contribution in [-0.2, 0) is 4.74 Å². The fraction of sp³-hybridized carbons (Fsp3) is 0.538. The highest BCUT2D eigenvalue weighted by Crippen LogP contribution is 2.27. The van der Waals surface area contributed by atoms with Crippen molar-refractivity contribution >= 4 is 0 Å². The number of benzene rings is 1. The minimum absolute atomic E-state index is 0.150. The SMILES string of the molecule is NNC(CC1CCOCC1)c1ccc(F)c(F)c1. The zero-order valence-electron chi connectivity index (χ0n) is 10.2. The van der Waals surface area contributed by atoms with Crippen molar-refractivity contribution in [1.82, 2.24) is 5.43 Å². The van der Waals surface area contributed by atoms with Crippen molar-refractivity contribution in [3.05, 3.63) is 35.4 Å². The highest BCUT2D eigenvalue weighted by Gasteiger charge is 2.20. The molecule has 1 aromatic rings. The van der Waals surface area contributed by atoms with Crippen LogP contribution in [0.4, 0.5) is 8.78 Å². The highest BCUT2D eigenvalue weighted by atomic mass is 19.2. The van der Waals surface area contributed by atoms with Gasteiger partial charge in [-0.2, -0.15) is 0 Å². The Labute approximate surface area is 105 Å². The van der Waals surface area contributed by atoms with Crippen molar-refractivity contribution in [1.29, 1.82) is 0 Å². The van der Waals surface area contributed by atoms with Gasteiger partial charge in [-0.3, -0.25) is 11.3 Å². The summed E-state index contributed by atoms with van der Waals surface area (Å²) in [5.74, 6) is 4.35. The summed E-state index contributed by atoms with van der Waals surface area (Å²) in [4.78, 5) is 0. The lowest BCUT2D eigenvalue weighted by molar-refractivity contribution is 0.0605. The molecule has 100 valence electrons. The standard InChI is InChI=1S/C13H18F2N2O/c14-11-2-1-10(8-12(11)15)13(17-16)7-9-3-5-18-6-4-9/h1-2,8-9,13,17H,3-7,16H2. The Balaban J connectivity index is 2.04. The number of rotatable bonds is 4. The quantitative estimate of drug-likeness (QED) is 0.642. The second kappa shape index (κ2) is 6.22. The van der Waals surface area contributed by atoms with Gasteiger partial charge < -0.3 is 4.74 Å². The van der Waals surface area contributed by atoms with Gasteiger partial charge in [0.15, 0.2) is 11.6 Å². The molecule has 1 atom stereocenters. The fourth-order valence-corrected chi connectivity index (χ4v) is 2.34. The average molecular weight is 256 g/mol. The van der Waals surface area contributed by atoms with Gasteiger partial charge in [0.05, 0.1) is 0 Å². The van der Waals surface area contributed by atoms with Gasteiger partial charge in [0.1, 0.15) is 0 Å². The maximum absolute atomic E-state index is 13.2. The molecule has 0 aliphatic carbocycles. The summed E-state index contributed by atoms with van der Waals surface area (Å²) in [7, 11) is 0. The van der Waals surface area contributed by atoms with Crippen LogP contribution in [0.15, 0.2) is 18.2 Å². The number of hydrogen-bond acceptors (Lipinski definition) is 3. The molecule has 1 saturated heterocycles. The maximum atomic E-state index is 13.2. The summed E-state index contributed by atoms with van der Waals surface area (Å²) in [6.07, 6.45) is 2.79. The van der Waals surface area contributed by atoms with Gasteiger partial charge in [0.2, 0.25) is 0 Å². The number of hydrogen-bond donors (Lipinski definition) is 2. The lowest BCUT2D eigenvalue weighted by Gasteiger charge is -2.26. The van der Waals surface area contributed by atoms with E-state index in [0.717, 1.165) is 38.5 Å². The topological polar surface area (TPSA) is 47.3 Å². The molecule has 1 aliphatic rings. The Bertz CT molecular complexity index is 395. The Hall–Kier alpha value is -1.04. The molecule has 3 nitrogen and oxygen atoms in total. The number of nitrogens with one attached hydrogen (secondary N) is 1. The minimum atomic E-state index is -0.834. The Morgan fingerprint density at radius 1 is 1.28 bits per heavy atom. The Kier molecular flexibility index (Phi) is 4.63. The second-order valence-electron chi connectivity index (χ2n) is 4.68. The van der Waals surface area contributed by atoms with Crippen LogP contribution in [0.2, 0.25) is 0 Å². The van der Waals surface area contributed by atoms with Crippen molar-refractivity contribution < 1.29 is 13.5 Å². The van der Waals surface area contributed by atoms with Crippen molar-refractivity contribution in [3.8, 4) is 0 Å². The third-order valence-electron chi connectivity index (χ3n) is 3.46. The molecule has 0 saturated carbocycles. The molecule has 1 heterocycles. The molecular formula is C13H18F2N2O. The molecule has 1 aliphatic heterocycles. The molecule has 18 heavy (non-hydrogen) atoms. The molecule has 5 heteroatoms. The van der Waals surface area contributed by atoms with E-state index in [0.29, 0.717) is 11.5 Å². The van der Waals surface area contributed by atoms with E-state index >= 15 is 0 Å². The van der Waals surface area contributed by atoms with Gasteiger partial charge in [-0.15, -0.1) is 0 Å². The predicted molar refractivity (Wildman–Crippen MR) is 64.6 cm³/mol. The molecule has 3 N–H and O–H groups in total. The highest BCUT2D eigenvalue weighted by molar-refractivity contribution is 5.21. The van der Waals surface area contributed by atoms with Crippen molar-refractivity contribution in [2.45, 2.75) is 25.3 Å². The molecule has 0 radical (unpaired) electrons. The van der Waals surface area contributed by atoms with Crippen LogP contribution in [0.3, 0.4) is 0 Å². The van der Waals surface area contributed by atoms with Gasteiger partial charge >= 0.3 is 0 Å². The number of ether oxygens (including phenoxy) is 1. The summed E-state index contributed by atoms with van der Waals surface area (Å²) < 4.78 is 31.4. The van der Waals surface area contributed by atoms with Crippen LogP contribution in [0.25, 0.3) is 0 Å². The van der Waals surface area contributed by atoms with Crippen LogP contribution in [-0.4, -0.2) is 13.2 Å². The smallest absolute Gasteiger partial charge is 0.159 e. The van der Waals surface area contributed by atoms with E-state index in [1.807, 2.05) is 0 Å². The lowest BCUT2D eigenvalue weighted by atomic mass is 9.90. The zero-order chi connectivity index (χ0) is 13.0. The van der Waals surface area contributed by atoms with E-state index < -0.39 is 11.6 Å². The Morgan fingerprint density at radius 3 is 2.61 bits per heavy atom. The third kappa shape index (κ3) is 3.25. The normalized spacial score (nSPS) is 18.8. The van der Waals surface area contributed by atoms with Crippen molar-refractivity contribution in [2.75, 3.05) is 13.2 Å². The van der Waals surface area contributed by atoms with E-state index in [1.54, 1.807) is 6.07 Å². The number of hydrazine groups is 1.